The van der Waals surface area contributed by atoms with E-state index >= 15 is 0 Å². The number of aliphatic hydroxyl groups excluding tert-OH is 1. The zero-order chi connectivity index (χ0) is 22.0. The maximum atomic E-state index is 10.2. The molecular formula is C25H31N5O. The lowest BCUT2D eigenvalue weighted by molar-refractivity contribution is 0.00926. The van der Waals surface area contributed by atoms with E-state index in [2.05, 4.69) is 71.7 Å². The molecule has 31 heavy (non-hydrogen) atoms. The molecule has 2 aromatic rings. The second-order valence-corrected chi connectivity index (χ2v) is 9.47. The van der Waals surface area contributed by atoms with E-state index in [1.807, 2.05) is 0 Å². The van der Waals surface area contributed by atoms with E-state index in [4.69, 9.17) is 0 Å². The maximum Gasteiger partial charge on any atom is 0.224 e. The Morgan fingerprint density at radius 1 is 1.29 bits per heavy atom. The highest BCUT2D eigenvalue weighted by Gasteiger charge is 2.35. The molecule has 2 atom stereocenters. The van der Waals surface area contributed by atoms with E-state index in [1.165, 1.54) is 22.3 Å². The molecule has 4 rings (SSSR count). The van der Waals surface area contributed by atoms with Gasteiger partial charge in [0.15, 0.2) is 0 Å². The summed E-state index contributed by atoms with van der Waals surface area (Å²) >= 11 is 0. The van der Waals surface area contributed by atoms with Gasteiger partial charge in [0.1, 0.15) is 17.5 Å². The summed E-state index contributed by atoms with van der Waals surface area (Å²) in [7, 11) is 0. The zero-order valence-corrected chi connectivity index (χ0v) is 18.6. The van der Waals surface area contributed by atoms with Crippen LogP contribution < -0.4 is 10.6 Å². The fourth-order valence-corrected chi connectivity index (χ4v) is 4.69. The van der Waals surface area contributed by atoms with Crippen molar-refractivity contribution < 1.29 is 5.11 Å². The van der Waals surface area contributed by atoms with Gasteiger partial charge < -0.3 is 15.7 Å². The molecule has 0 radical (unpaired) electrons. The molecule has 0 unspecified atom stereocenters. The minimum Gasteiger partial charge on any atom is -0.393 e. The number of aromatic nitrogens is 2. The molecule has 6 heteroatoms. The van der Waals surface area contributed by atoms with Crippen LogP contribution in [0.5, 0.6) is 0 Å². The van der Waals surface area contributed by atoms with Crippen molar-refractivity contribution in [1.29, 1.82) is 5.26 Å². The smallest absolute Gasteiger partial charge is 0.224 e. The van der Waals surface area contributed by atoms with Gasteiger partial charge in [-0.3, -0.25) is 0 Å². The number of aryl methyl sites for hydroxylation is 1. The summed E-state index contributed by atoms with van der Waals surface area (Å²) in [4.78, 5) is 8.91. The third-order valence-electron chi connectivity index (χ3n) is 6.57. The molecule has 0 bridgehead atoms. The van der Waals surface area contributed by atoms with Gasteiger partial charge in [0.2, 0.25) is 5.95 Å². The molecule has 0 spiro atoms. The molecule has 1 heterocycles. The van der Waals surface area contributed by atoms with Crippen molar-refractivity contribution in [1.82, 2.24) is 9.97 Å². The van der Waals surface area contributed by atoms with E-state index in [0.29, 0.717) is 17.3 Å². The van der Waals surface area contributed by atoms with Gasteiger partial charge in [0, 0.05) is 12.6 Å². The number of nitriles is 1. The average Bonchev–Trinajstić information content (AvgIpc) is 3.13. The number of nitrogens with one attached hydrogen (secondary N) is 2. The molecule has 1 fully saturated rings. The third kappa shape index (κ3) is 4.72. The minimum atomic E-state index is -0.289. The predicted molar refractivity (Wildman–Crippen MR) is 124 cm³/mol. The SMILES string of the molecule is Cc1ccc2c(c1)CC=C2CCNc1ncc(C#N)c(N[C@@H]2CC[C@H](O)C(C)(C)C2)n1. The molecule has 162 valence electrons. The van der Waals surface area contributed by atoms with Crippen LogP contribution in [0.2, 0.25) is 0 Å². The fourth-order valence-electron chi connectivity index (χ4n) is 4.69. The second-order valence-electron chi connectivity index (χ2n) is 9.47. The molecule has 1 aromatic heterocycles. The van der Waals surface area contributed by atoms with E-state index in [-0.39, 0.29) is 17.6 Å². The van der Waals surface area contributed by atoms with Crippen molar-refractivity contribution >= 4 is 17.3 Å². The van der Waals surface area contributed by atoms with Crippen molar-refractivity contribution in [3.05, 3.63) is 52.7 Å². The fraction of sp³-hybridized carbons (Fsp3) is 0.480. The van der Waals surface area contributed by atoms with E-state index in [0.717, 1.165) is 38.6 Å². The average molecular weight is 418 g/mol. The lowest BCUT2D eigenvalue weighted by Gasteiger charge is -2.40. The Hall–Kier alpha value is -2.91. The molecule has 2 aliphatic carbocycles. The summed E-state index contributed by atoms with van der Waals surface area (Å²) < 4.78 is 0. The maximum absolute atomic E-state index is 10.2. The van der Waals surface area contributed by atoms with Crippen LogP contribution in [0.25, 0.3) is 5.57 Å². The molecule has 0 amide bonds. The van der Waals surface area contributed by atoms with Gasteiger partial charge in [-0.05, 0) is 61.1 Å². The van der Waals surface area contributed by atoms with Gasteiger partial charge in [0.25, 0.3) is 0 Å². The minimum absolute atomic E-state index is 0.152. The first-order valence-corrected chi connectivity index (χ1v) is 11.1. The third-order valence-corrected chi connectivity index (χ3v) is 6.57. The summed E-state index contributed by atoms with van der Waals surface area (Å²) in [5, 5.41) is 26.4. The molecule has 2 aliphatic rings. The zero-order valence-electron chi connectivity index (χ0n) is 18.6. The van der Waals surface area contributed by atoms with Crippen LogP contribution in [0.3, 0.4) is 0 Å². The molecule has 1 saturated carbocycles. The highest BCUT2D eigenvalue weighted by Crippen LogP contribution is 2.37. The van der Waals surface area contributed by atoms with Crippen LogP contribution in [-0.2, 0) is 6.42 Å². The lowest BCUT2D eigenvalue weighted by atomic mass is 9.73. The first-order valence-electron chi connectivity index (χ1n) is 11.1. The molecule has 6 nitrogen and oxygen atoms in total. The van der Waals surface area contributed by atoms with Crippen molar-refractivity contribution in [2.45, 2.75) is 65.0 Å². The largest absolute Gasteiger partial charge is 0.393 e. The number of rotatable bonds is 6. The predicted octanol–water partition coefficient (Wildman–Crippen LogP) is 4.45. The Bertz CT molecular complexity index is 1040. The first kappa shape index (κ1) is 21.3. The summed E-state index contributed by atoms with van der Waals surface area (Å²) in [6, 6.07) is 9.01. The Labute approximate surface area is 184 Å². The van der Waals surface area contributed by atoms with E-state index in [9.17, 15) is 10.4 Å². The quantitative estimate of drug-likeness (QED) is 0.643. The van der Waals surface area contributed by atoms with Gasteiger partial charge >= 0.3 is 0 Å². The van der Waals surface area contributed by atoms with Crippen molar-refractivity contribution in [3.63, 3.8) is 0 Å². The number of hydrogen-bond acceptors (Lipinski definition) is 6. The molecule has 0 saturated heterocycles. The lowest BCUT2D eigenvalue weighted by Crippen LogP contribution is -2.41. The Kier molecular flexibility index (Phi) is 5.97. The highest BCUT2D eigenvalue weighted by atomic mass is 16.3. The monoisotopic (exact) mass is 417 g/mol. The highest BCUT2D eigenvalue weighted by molar-refractivity contribution is 5.73. The van der Waals surface area contributed by atoms with Crippen molar-refractivity contribution in [2.24, 2.45) is 5.41 Å². The molecule has 3 N–H and O–H groups in total. The molecule has 1 aromatic carbocycles. The van der Waals surface area contributed by atoms with Crippen LogP contribution in [-0.4, -0.2) is 33.8 Å². The summed E-state index contributed by atoms with van der Waals surface area (Å²) in [5.74, 6) is 1.09. The molecular weight excluding hydrogens is 386 g/mol. The summed E-state index contributed by atoms with van der Waals surface area (Å²) in [5.41, 5.74) is 5.69. The number of aliphatic hydroxyl groups is 1. The summed E-state index contributed by atoms with van der Waals surface area (Å²) in [6.07, 6.45) is 7.93. The van der Waals surface area contributed by atoms with E-state index in [1.54, 1.807) is 6.20 Å². The van der Waals surface area contributed by atoms with Crippen molar-refractivity contribution in [3.8, 4) is 6.07 Å². The number of hydrogen-bond donors (Lipinski definition) is 3. The topological polar surface area (TPSA) is 93.9 Å². The standard InChI is InChI=1S/C25H31N5O/c1-16-4-8-21-17(5-6-18(21)12-16)10-11-27-24-28-15-19(14-26)23(30-24)29-20-7-9-22(31)25(2,3)13-20/h4-5,8,12,15,20,22,31H,6-7,9-11,13H2,1-3H3,(H2,27,28,29,30)/t20-,22+/m1/s1. The number of nitrogens with zero attached hydrogens (tertiary/aromatic N) is 3. The van der Waals surface area contributed by atoms with Crippen LogP contribution in [0, 0.1) is 23.7 Å². The van der Waals surface area contributed by atoms with Gasteiger partial charge in [-0.25, -0.2) is 4.98 Å². The Morgan fingerprint density at radius 2 is 2.13 bits per heavy atom. The Morgan fingerprint density at radius 3 is 2.90 bits per heavy atom. The molecule has 0 aliphatic heterocycles. The second kappa shape index (κ2) is 8.68. The number of benzene rings is 1. The van der Waals surface area contributed by atoms with E-state index < -0.39 is 0 Å². The van der Waals surface area contributed by atoms with Crippen LogP contribution in [0.1, 0.15) is 61.8 Å². The van der Waals surface area contributed by atoms with Gasteiger partial charge in [0.05, 0.1) is 12.3 Å². The van der Waals surface area contributed by atoms with Crippen LogP contribution >= 0.6 is 0 Å². The summed E-state index contributed by atoms with van der Waals surface area (Å²) in [6.45, 7) is 7.03. The van der Waals surface area contributed by atoms with Crippen molar-refractivity contribution in [2.75, 3.05) is 17.2 Å². The van der Waals surface area contributed by atoms with Gasteiger partial charge in [-0.1, -0.05) is 43.7 Å². The normalized spacial score (nSPS) is 21.7. The van der Waals surface area contributed by atoms with Gasteiger partial charge in [-0.2, -0.15) is 10.2 Å². The Balaban J connectivity index is 1.39. The number of fused-ring (bicyclic) bond motifs is 1. The van der Waals surface area contributed by atoms with Crippen LogP contribution in [0.15, 0.2) is 30.5 Å². The first-order chi connectivity index (χ1) is 14.9. The van der Waals surface area contributed by atoms with Crippen LogP contribution in [0.4, 0.5) is 11.8 Å². The number of allylic oxidation sites excluding steroid dienone is 1. The number of anilines is 2. The van der Waals surface area contributed by atoms with Gasteiger partial charge in [-0.15, -0.1) is 0 Å².